The molecule has 1 aromatic heterocycles. The van der Waals surface area contributed by atoms with Crippen molar-refractivity contribution in [3.8, 4) is 5.75 Å². The van der Waals surface area contributed by atoms with Gasteiger partial charge in [-0.1, -0.05) is 29.8 Å². The molecule has 4 rings (SSSR count). The maximum Gasteiger partial charge on any atom is 0.265 e. The van der Waals surface area contributed by atoms with Gasteiger partial charge in [0.15, 0.2) is 17.7 Å². The zero-order chi connectivity index (χ0) is 25.5. The molecule has 2 atom stereocenters. The highest BCUT2D eigenvalue weighted by Crippen LogP contribution is 2.21. The molecule has 3 aromatic rings. The fourth-order valence-corrected chi connectivity index (χ4v) is 4.42. The van der Waals surface area contributed by atoms with Crippen LogP contribution in [-0.2, 0) is 22.6 Å². The molecule has 1 aliphatic rings. The van der Waals surface area contributed by atoms with E-state index in [1.165, 1.54) is 11.0 Å². The second kappa shape index (κ2) is 12.1. The third-order valence-corrected chi connectivity index (χ3v) is 6.19. The molecule has 0 saturated carbocycles. The topological polar surface area (TPSA) is 55.2 Å². The molecule has 0 radical (unpaired) electrons. The number of aryl methyl sites for hydroxylation is 1. The van der Waals surface area contributed by atoms with Crippen molar-refractivity contribution < 1.29 is 27.5 Å². The zero-order valence-corrected chi connectivity index (χ0v) is 20.7. The van der Waals surface area contributed by atoms with Gasteiger partial charge in [-0.2, -0.15) is 0 Å². The first kappa shape index (κ1) is 25.9. The number of hydrogen-bond donors (Lipinski definition) is 0. The first-order chi connectivity index (χ1) is 17.4. The Morgan fingerprint density at radius 3 is 2.67 bits per heavy atom. The van der Waals surface area contributed by atoms with Crippen molar-refractivity contribution >= 4 is 5.91 Å². The lowest BCUT2D eigenvalue weighted by atomic mass is 10.1. The molecule has 1 fully saturated rings. The molecule has 6 nitrogen and oxygen atoms in total. The van der Waals surface area contributed by atoms with E-state index < -0.39 is 17.7 Å². The Hall–Kier alpha value is -3.23. The van der Waals surface area contributed by atoms with Crippen LogP contribution in [0.25, 0.3) is 0 Å². The van der Waals surface area contributed by atoms with Gasteiger partial charge in [0.05, 0.1) is 18.9 Å². The van der Waals surface area contributed by atoms with Crippen molar-refractivity contribution in [1.29, 1.82) is 0 Å². The van der Waals surface area contributed by atoms with Gasteiger partial charge >= 0.3 is 0 Å². The van der Waals surface area contributed by atoms with Gasteiger partial charge in [0.1, 0.15) is 11.5 Å². The summed E-state index contributed by atoms with van der Waals surface area (Å²) in [6.45, 7) is 4.48. The minimum absolute atomic E-state index is 0.0645. The number of halogens is 2. The summed E-state index contributed by atoms with van der Waals surface area (Å²) >= 11 is 0. The minimum Gasteiger partial charge on any atom is -0.479 e. The monoisotopic (exact) mass is 498 g/mol. The number of likely N-dealkylation sites (N-methyl/N-ethyl adjacent to an activating group) is 1. The van der Waals surface area contributed by atoms with Gasteiger partial charge in [-0.05, 0) is 49.6 Å². The van der Waals surface area contributed by atoms with E-state index in [9.17, 15) is 13.6 Å². The van der Waals surface area contributed by atoms with Crippen molar-refractivity contribution in [2.24, 2.45) is 0 Å². The minimum atomic E-state index is -1.03. The molecule has 192 valence electrons. The van der Waals surface area contributed by atoms with Crippen molar-refractivity contribution in [2.75, 3.05) is 26.7 Å². The van der Waals surface area contributed by atoms with Crippen LogP contribution in [-0.4, -0.2) is 54.7 Å². The van der Waals surface area contributed by atoms with Crippen LogP contribution in [0.4, 0.5) is 8.78 Å². The number of furan rings is 1. The molecule has 2 unspecified atom stereocenters. The molecular weight excluding hydrogens is 466 g/mol. The quantitative estimate of drug-likeness (QED) is 0.374. The third kappa shape index (κ3) is 7.15. The highest BCUT2D eigenvalue weighted by Gasteiger charge is 2.29. The molecule has 0 spiro atoms. The molecule has 36 heavy (non-hydrogen) atoms. The molecular formula is C28H32F2N2O4. The van der Waals surface area contributed by atoms with Gasteiger partial charge in [0.25, 0.3) is 5.91 Å². The summed E-state index contributed by atoms with van der Waals surface area (Å²) in [4.78, 5) is 17.2. The van der Waals surface area contributed by atoms with E-state index in [1.807, 2.05) is 25.1 Å². The van der Waals surface area contributed by atoms with Crippen LogP contribution in [0.1, 0.15) is 29.7 Å². The molecule has 0 aliphatic carbocycles. The highest BCUT2D eigenvalue weighted by molar-refractivity contribution is 5.81. The van der Waals surface area contributed by atoms with Crippen LogP contribution in [0, 0.1) is 18.6 Å². The number of carbonyl (C=O) groups excluding carboxylic acids is 1. The Morgan fingerprint density at radius 2 is 1.97 bits per heavy atom. The summed E-state index contributed by atoms with van der Waals surface area (Å²) in [5.41, 5.74) is 2.25. The van der Waals surface area contributed by atoms with Crippen LogP contribution in [0.2, 0.25) is 0 Å². The lowest BCUT2D eigenvalue weighted by Gasteiger charge is -2.31. The summed E-state index contributed by atoms with van der Waals surface area (Å²) in [5, 5.41) is 0. The number of amides is 1. The van der Waals surface area contributed by atoms with Gasteiger partial charge in [0, 0.05) is 39.4 Å². The fourth-order valence-electron chi connectivity index (χ4n) is 4.42. The summed E-state index contributed by atoms with van der Waals surface area (Å²) < 4.78 is 44.7. The number of carbonyl (C=O) groups is 1. The van der Waals surface area contributed by atoms with E-state index in [-0.39, 0.29) is 30.9 Å². The van der Waals surface area contributed by atoms with E-state index in [0.717, 1.165) is 42.7 Å². The number of ether oxygens (including phenoxy) is 2. The SMILES string of the molecule is Cc1cccc(CN(CC2CCCO2)CC(Oc2ccc(F)c(F)c2)C(=O)N(C)Cc2ccco2)c1. The Morgan fingerprint density at radius 1 is 1.11 bits per heavy atom. The van der Waals surface area contributed by atoms with Crippen LogP contribution in [0.3, 0.4) is 0 Å². The summed E-state index contributed by atoms with van der Waals surface area (Å²) in [5.74, 6) is -1.57. The molecule has 0 N–H and O–H groups in total. The Bertz CT molecular complexity index is 1130. The standard InChI is InChI=1S/C28H32F2N2O4/c1-20-6-3-7-21(14-20)16-32(18-24-9-5-13-35-24)19-27(36-22-10-11-25(29)26(30)15-22)28(33)31(2)17-23-8-4-12-34-23/h3-4,6-8,10-12,14-15,24,27H,5,9,13,16-19H2,1-2H3. The lowest BCUT2D eigenvalue weighted by molar-refractivity contribution is -0.139. The highest BCUT2D eigenvalue weighted by atomic mass is 19.2. The first-order valence-electron chi connectivity index (χ1n) is 12.2. The smallest absolute Gasteiger partial charge is 0.265 e. The van der Waals surface area contributed by atoms with E-state index >= 15 is 0 Å². The van der Waals surface area contributed by atoms with Crippen molar-refractivity contribution in [3.05, 3.63) is 89.4 Å². The van der Waals surface area contributed by atoms with Gasteiger partial charge < -0.3 is 18.8 Å². The van der Waals surface area contributed by atoms with Crippen molar-refractivity contribution in [2.45, 2.75) is 45.1 Å². The van der Waals surface area contributed by atoms with Gasteiger partial charge in [-0.15, -0.1) is 0 Å². The predicted molar refractivity (Wildman–Crippen MR) is 131 cm³/mol. The molecule has 1 aliphatic heterocycles. The second-order valence-corrected chi connectivity index (χ2v) is 9.27. The fraction of sp³-hybridized carbons (Fsp3) is 0.393. The summed E-state index contributed by atoms with van der Waals surface area (Å²) in [7, 11) is 1.66. The van der Waals surface area contributed by atoms with E-state index in [2.05, 4.69) is 11.0 Å². The second-order valence-electron chi connectivity index (χ2n) is 9.27. The number of benzene rings is 2. The average Bonchev–Trinajstić information content (AvgIpc) is 3.55. The predicted octanol–water partition coefficient (Wildman–Crippen LogP) is 4.95. The first-order valence-corrected chi connectivity index (χ1v) is 12.2. The largest absolute Gasteiger partial charge is 0.479 e. The van der Waals surface area contributed by atoms with Gasteiger partial charge in [0.2, 0.25) is 0 Å². The van der Waals surface area contributed by atoms with Crippen LogP contribution in [0.15, 0.2) is 65.3 Å². The summed E-state index contributed by atoms with van der Waals surface area (Å²) in [6, 6.07) is 15.0. The summed E-state index contributed by atoms with van der Waals surface area (Å²) in [6.07, 6.45) is 2.61. The zero-order valence-electron chi connectivity index (χ0n) is 20.7. The molecule has 1 saturated heterocycles. The van der Waals surface area contributed by atoms with Gasteiger partial charge in [-0.25, -0.2) is 8.78 Å². The maximum absolute atomic E-state index is 13.9. The van der Waals surface area contributed by atoms with Crippen molar-refractivity contribution in [1.82, 2.24) is 9.80 Å². The van der Waals surface area contributed by atoms with E-state index in [1.54, 1.807) is 25.4 Å². The van der Waals surface area contributed by atoms with Crippen LogP contribution in [0.5, 0.6) is 5.75 Å². The number of rotatable bonds is 11. The van der Waals surface area contributed by atoms with Crippen molar-refractivity contribution in [3.63, 3.8) is 0 Å². The number of hydrogen-bond acceptors (Lipinski definition) is 5. The maximum atomic E-state index is 13.9. The third-order valence-electron chi connectivity index (χ3n) is 6.19. The molecule has 1 amide bonds. The number of nitrogens with zero attached hydrogens (tertiary/aromatic N) is 2. The van der Waals surface area contributed by atoms with Crippen LogP contribution < -0.4 is 4.74 Å². The van der Waals surface area contributed by atoms with E-state index in [4.69, 9.17) is 13.9 Å². The molecule has 2 heterocycles. The normalized spacial score (nSPS) is 16.3. The van der Waals surface area contributed by atoms with Crippen LogP contribution >= 0.6 is 0 Å². The average molecular weight is 499 g/mol. The molecule has 0 bridgehead atoms. The Kier molecular flexibility index (Phi) is 8.72. The lowest BCUT2D eigenvalue weighted by Crippen LogP contribution is -2.47. The Labute approximate surface area is 210 Å². The van der Waals surface area contributed by atoms with Gasteiger partial charge in [-0.3, -0.25) is 9.69 Å². The van der Waals surface area contributed by atoms with E-state index in [0.29, 0.717) is 18.8 Å². The molecule has 2 aromatic carbocycles. The Balaban J connectivity index is 1.56. The molecule has 8 heteroatoms.